The number of nitrogens with zero attached hydrogens (tertiary/aromatic N) is 3. The van der Waals surface area contributed by atoms with Gasteiger partial charge < -0.3 is 9.88 Å². The summed E-state index contributed by atoms with van der Waals surface area (Å²) in [5, 5.41) is 9.80. The molecule has 112 valence electrons. The Kier molecular flexibility index (Phi) is 4.16. The average Bonchev–Trinajstić information content (AvgIpc) is 3.08. The maximum absolute atomic E-state index is 12.0. The van der Waals surface area contributed by atoms with E-state index in [0.29, 0.717) is 10.9 Å². The average molecular weight is 312 g/mol. The summed E-state index contributed by atoms with van der Waals surface area (Å²) in [4.78, 5) is 21.4. The van der Waals surface area contributed by atoms with E-state index in [1.807, 2.05) is 30.5 Å². The molecule has 1 saturated heterocycles. The number of thioether (sulfide) groups is 1. The van der Waals surface area contributed by atoms with E-state index in [2.05, 4.69) is 20.9 Å². The topological polar surface area (TPSA) is 72.8 Å². The van der Waals surface area contributed by atoms with Crippen molar-refractivity contribution in [1.82, 2.24) is 9.97 Å². The number of aromatic nitrogens is 2. The SMILES string of the molecule is CSc1nc(-c2cccc(N3CCCC3)c2)c(C#N)c(=O)[nH]1. The third kappa shape index (κ3) is 2.72. The van der Waals surface area contributed by atoms with Crippen LogP contribution in [0.5, 0.6) is 0 Å². The van der Waals surface area contributed by atoms with E-state index in [0.717, 1.165) is 24.3 Å². The highest BCUT2D eigenvalue weighted by Gasteiger charge is 2.16. The summed E-state index contributed by atoms with van der Waals surface area (Å²) in [6.07, 6.45) is 4.25. The van der Waals surface area contributed by atoms with Crippen molar-refractivity contribution in [3.8, 4) is 17.3 Å². The number of H-pyrrole nitrogens is 1. The fourth-order valence-corrected chi connectivity index (χ4v) is 3.06. The Bertz CT molecular complexity index is 787. The van der Waals surface area contributed by atoms with Gasteiger partial charge in [-0.1, -0.05) is 23.9 Å². The van der Waals surface area contributed by atoms with Gasteiger partial charge in [-0.3, -0.25) is 4.79 Å². The number of benzene rings is 1. The second-order valence-electron chi connectivity index (χ2n) is 5.16. The Balaban J connectivity index is 2.11. The summed E-state index contributed by atoms with van der Waals surface area (Å²) >= 11 is 1.35. The number of anilines is 1. The van der Waals surface area contributed by atoms with Crippen molar-refractivity contribution in [3.05, 3.63) is 40.2 Å². The van der Waals surface area contributed by atoms with Crippen LogP contribution in [0.3, 0.4) is 0 Å². The number of rotatable bonds is 3. The maximum atomic E-state index is 12.0. The van der Waals surface area contributed by atoms with E-state index in [1.54, 1.807) is 0 Å². The summed E-state index contributed by atoms with van der Waals surface area (Å²) < 4.78 is 0. The molecular formula is C16H16N4OS. The van der Waals surface area contributed by atoms with Crippen molar-refractivity contribution in [2.24, 2.45) is 0 Å². The van der Waals surface area contributed by atoms with Gasteiger partial charge in [0.1, 0.15) is 11.6 Å². The Labute approximate surface area is 133 Å². The molecular weight excluding hydrogens is 296 g/mol. The lowest BCUT2D eigenvalue weighted by atomic mass is 10.1. The molecule has 1 aliphatic heterocycles. The lowest BCUT2D eigenvalue weighted by Gasteiger charge is -2.18. The third-order valence-electron chi connectivity index (χ3n) is 3.79. The maximum Gasteiger partial charge on any atom is 0.270 e. The fourth-order valence-electron chi connectivity index (χ4n) is 2.69. The van der Waals surface area contributed by atoms with Crippen LogP contribution in [0.25, 0.3) is 11.3 Å². The van der Waals surface area contributed by atoms with Gasteiger partial charge >= 0.3 is 0 Å². The lowest BCUT2D eigenvalue weighted by molar-refractivity contribution is 0.936. The van der Waals surface area contributed by atoms with E-state index >= 15 is 0 Å². The molecule has 0 atom stereocenters. The van der Waals surface area contributed by atoms with Gasteiger partial charge in [0.2, 0.25) is 0 Å². The monoisotopic (exact) mass is 312 g/mol. The number of hydrogen-bond acceptors (Lipinski definition) is 5. The van der Waals surface area contributed by atoms with Crippen molar-refractivity contribution in [1.29, 1.82) is 5.26 Å². The largest absolute Gasteiger partial charge is 0.372 e. The number of aromatic amines is 1. The molecule has 2 aromatic rings. The van der Waals surface area contributed by atoms with Gasteiger partial charge in [-0.05, 0) is 31.2 Å². The molecule has 1 aromatic carbocycles. The molecule has 0 aliphatic carbocycles. The second-order valence-corrected chi connectivity index (χ2v) is 5.95. The molecule has 1 fully saturated rings. The summed E-state index contributed by atoms with van der Waals surface area (Å²) in [5.74, 6) is 0. The van der Waals surface area contributed by atoms with E-state index < -0.39 is 0 Å². The molecule has 3 rings (SSSR count). The molecule has 22 heavy (non-hydrogen) atoms. The molecule has 0 radical (unpaired) electrons. The van der Waals surface area contributed by atoms with Crippen molar-refractivity contribution in [2.75, 3.05) is 24.2 Å². The zero-order chi connectivity index (χ0) is 15.5. The van der Waals surface area contributed by atoms with Gasteiger partial charge in [0.15, 0.2) is 5.16 Å². The van der Waals surface area contributed by atoms with Crippen molar-refractivity contribution in [3.63, 3.8) is 0 Å². The molecule has 5 nitrogen and oxygen atoms in total. The molecule has 1 aliphatic rings. The van der Waals surface area contributed by atoms with E-state index in [-0.39, 0.29) is 11.1 Å². The van der Waals surface area contributed by atoms with Crippen LogP contribution in [0.4, 0.5) is 5.69 Å². The zero-order valence-electron chi connectivity index (χ0n) is 12.3. The summed E-state index contributed by atoms with van der Waals surface area (Å²) in [7, 11) is 0. The first kappa shape index (κ1) is 14.7. The second kappa shape index (κ2) is 6.24. The van der Waals surface area contributed by atoms with Crippen LogP contribution >= 0.6 is 11.8 Å². The molecule has 0 bridgehead atoms. The smallest absolute Gasteiger partial charge is 0.270 e. The van der Waals surface area contributed by atoms with Crippen LogP contribution in [0, 0.1) is 11.3 Å². The van der Waals surface area contributed by atoms with E-state index in [4.69, 9.17) is 0 Å². The molecule has 1 N–H and O–H groups in total. The van der Waals surface area contributed by atoms with Gasteiger partial charge in [0.25, 0.3) is 5.56 Å². The minimum absolute atomic E-state index is 0.0661. The molecule has 6 heteroatoms. The van der Waals surface area contributed by atoms with Crippen molar-refractivity contribution < 1.29 is 0 Å². The summed E-state index contributed by atoms with van der Waals surface area (Å²) in [5.41, 5.74) is 2.06. The van der Waals surface area contributed by atoms with Gasteiger partial charge in [-0.2, -0.15) is 5.26 Å². The molecule has 0 spiro atoms. The number of hydrogen-bond donors (Lipinski definition) is 1. The van der Waals surface area contributed by atoms with Crippen LogP contribution in [0.15, 0.2) is 34.2 Å². The molecule has 0 saturated carbocycles. The normalized spacial score (nSPS) is 14.1. The van der Waals surface area contributed by atoms with Gasteiger partial charge in [-0.25, -0.2) is 4.98 Å². The minimum Gasteiger partial charge on any atom is -0.372 e. The summed E-state index contributed by atoms with van der Waals surface area (Å²) in [6.45, 7) is 2.10. The highest BCUT2D eigenvalue weighted by Crippen LogP contribution is 2.27. The van der Waals surface area contributed by atoms with Crippen molar-refractivity contribution >= 4 is 17.4 Å². The molecule has 1 aromatic heterocycles. The van der Waals surface area contributed by atoms with Crippen molar-refractivity contribution in [2.45, 2.75) is 18.0 Å². The Hall–Kier alpha value is -2.26. The number of nitriles is 1. The van der Waals surface area contributed by atoms with Crippen LogP contribution in [0.1, 0.15) is 18.4 Å². The summed E-state index contributed by atoms with van der Waals surface area (Å²) in [6, 6.07) is 9.89. The van der Waals surface area contributed by atoms with Gasteiger partial charge in [0, 0.05) is 24.3 Å². The highest BCUT2D eigenvalue weighted by atomic mass is 32.2. The lowest BCUT2D eigenvalue weighted by Crippen LogP contribution is -2.18. The predicted octanol–water partition coefficient (Wildman–Crippen LogP) is 2.63. The zero-order valence-corrected chi connectivity index (χ0v) is 13.1. The van der Waals surface area contributed by atoms with Gasteiger partial charge in [-0.15, -0.1) is 0 Å². The van der Waals surface area contributed by atoms with E-state index in [1.165, 1.54) is 24.6 Å². The Morgan fingerprint density at radius 1 is 1.36 bits per heavy atom. The first-order valence-electron chi connectivity index (χ1n) is 7.16. The number of nitrogens with one attached hydrogen (secondary N) is 1. The van der Waals surface area contributed by atoms with Crippen LogP contribution < -0.4 is 10.5 Å². The van der Waals surface area contributed by atoms with Gasteiger partial charge in [0.05, 0.1) is 5.69 Å². The predicted molar refractivity (Wildman–Crippen MR) is 88.2 cm³/mol. The first-order valence-corrected chi connectivity index (χ1v) is 8.39. The van der Waals surface area contributed by atoms with Crippen LogP contribution in [-0.2, 0) is 0 Å². The first-order chi connectivity index (χ1) is 10.7. The molecule has 0 unspecified atom stereocenters. The standard InChI is InChI=1S/C16H16N4OS/c1-22-16-18-14(13(10-17)15(21)19-16)11-5-4-6-12(9-11)20-7-2-3-8-20/h4-6,9H,2-3,7-8H2,1H3,(H,18,19,21). The molecule has 2 heterocycles. The fraction of sp³-hybridized carbons (Fsp3) is 0.312. The Morgan fingerprint density at radius 2 is 2.14 bits per heavy atom. The van der Waals surface area contributed by atoms with Crippen LogP contribution in [-0.4, -0.2) is 29.3 Å². The molecule has 0 amide bonds. The third-order valence-corrected chi connectivity index (χ3v) is 4.37. The quantitative estimate of drug-likeness (QED) is 0.697. The highest BCUT2D eigenvalue weighted by molar-refractivity contribution is 7.98. The Morgan fingerprint density at radius 3 is 2.82 bits per heavy atom. The van der Waals surface area contributed by atoms with E-state index in [9.17, 15) is 10.1 Å². The minimum atomic E-state index is -0.386. The van der Waals surface area contributed by atoms with Crippen LogP contribution in [0.2, 0.25) is 0 Å².